The highest BCUT2D eigenvalue weighted by molar-refractivity contribution is 7.68. The summed E-state index contributed by atoms with van der Waals surface area (Å²) in [5, 5.41) is 9.58. The van der Waals surface area contributed by atoms with Gasteiger partial charge in [-0.15, -0.1) is 0 Å². The average Bonchev–Trinajstić information content (AvgIpc) is 2.14. The molecule has 2 heteroatoms. The summed E-state index contributed by atoms with van der Waals surface area (Å²) in [4.78, 5) is 0. The van der Waals surface area contributed by atoms with Gasteiger partial charge in [-0.1, -0.05) is 60.8 Å². The Balaban J connectivity index is 3.10. The summed E-state index contributed by atoms with van der Waals surface area (Å²) >= 11 is 0. The molecule has 96 valence electrons. The molecule has 1 aliphatic rings. The van der Waals surface area contributed by atoms with Gasteiger partial charge < -0.3 is 5.16 Å². The predicted octanol–water partition coefficient (Wildman–Crippen LogP) is 5.70. The molecule has 1 aliphatic carbocycles. The largest absolute Gasteiger partial charge is 0.317 e. The van der Waals surface area contributed by atoms with Crippen LogP contribution < -0.4 is 0 Å². The molecule has 1 fully saturated rings. The lowest BCUT2D eigenvalue weighted by atomic mass is 10.0. The highest BCUT2D eigenvalue weighted by Gasteiger charge is 2.46. The molecule has 1 saturated carbocycles. The zero-order valence-corrected chi connectivity index (χ0v) is 13.0. The van der Waals surface area contributed by atoms with Crippen LogP contribution in [0.1, 0.15) is 73.6 Å². The van der Waals surface area contributed by atoms with Crippen molar-refractivity contribution in [2.75, 3.05) is 0 Å². The van der Waals surface area contributed by atoms with E-state index in [9.17, 15) is 5.16 Å². The first-order valence-corrected chi connectivity index (χ1v) is 8.60. The Labute approximate surface area is 102 Å². The molecule has 0 aromatic rings. The molecular formula is C14H30NP. The summed E-state index contributed by atoms with van der Waals surface area (Å²) in [6.45, 7) is 13.8. The Morgan fingerprint density at radius 3 is 1.50 bits per heavy atom. The first-order chi connectivity index (χ1) is 7.11. The smallest absolute Gasteiger partial charge is 0.00261 e. The van der Waals surface area contributed by atoms with Crippen LogP contribution in [0.25, 0.3) is 0 Å². The van der Waals surface area contributed by atoms with Gasteiger partial charge in [0, 0.05) is 0 Å². The van der Waals surface area contributed by atoms with Crippen molar-refractivity contribution >= 4 is 7.05 Å². The van der Waals surface area contributed by atoms with Crippen LogP contribution in [0.4, 0.5) is 0 Å². The predicted molar refractivity (Wildman–Crippen MR) is 76.0 cm³/mol. The third kappa shape index (κ3) is 2.40. The molecule has 0 aromatic heterocycles. The van der Waals surface area contributed by atoms with Crippen LogP contribution in [-0.2, 0) is 0 Å². The zero-order valence-electron chi connectivity index (χ0n) is 12.1. The molecule has 0 unspecified atom stereocenters. The Kier molecular flexibility index (Phi) is 4.00. The normalized spacial score (nSPS) is 21.1. The monoisotopic (exact) mass is 243 g/mol. The van der Waals surface area contributed by atoms with E-state index in [0.29, 0.717) is 5.66 Å². The molecule has 0 aliphatic heterocycles. The number of hydrogen-bond donors (Lipinski definition) is 1. The van der Waals surface area contributed by atoms with Gasteiger partial charge in [0.1, 0.15) is 0 Å². The second-order valence-electron chi connectivity index (χ2n) is 7.36. The third-order valence-corrected chi connectivity index (χ3v) is 10.1. The molecular weight excluding hydrogens is 213 g/mol. The van der Waals surface area contributed by atoms with Crippen molar-refractivity contribution in [2.45, 2.75) is 89.6 Å². The van der Waals surface area contributed by atoms with Crippen molar-refractivity contribution in [2.24, 2.45) is 0 Å². The van der Waals surface area contributed by atoms with Gasteiger partial charge in [0.05, 0.1) is 0 Å². The topological polar surface area (TPSA) is 23.9 Å². The summed E-state index contributed by atoms with van der Waals surface area (Å²) in [7, 11) is -1.66. The van der Waals surface area contributed by atoms with Gasteiger partial charge in [-0.05, 0) is 35.9 Å². The minimum atomic E-state index is -1.66. The summed E-state index contributed by atoms with van der Waals surface area (Å²) in [6.07, 6.45) is 6.73. The molecule has 0 heterocycles. The summed E-state index contributed by atoms with van der Waals surface area (Å²) in [6, 6.07) is 0. The van der Waals surface area contributed by atoms with Gasteiger partial charge in [-0.25, -0.2) is 0 Å². The maximum atomic E-state index is 9.23. The van der Waals surface area contributed by atoms with E-state index in [0.717, 1.165) is 0 Å². The molecule has 0 atom stereocenters. The fraction of sp³-hybridized carbons (Fsp3) is 1.00. The first kappa shape index (κ1) is 14.3. The van der Waals surface area contributed by atoms with Crippen LogP contribution in [0.2, 0.25) is 0 Å². The lowest BCUT2D eigenvalue weighted by Crippen LogP contribution is -2.35. The highest BCUT2D eigenvalue weighted by atomic mass is 31.2. The van der Waals surface area contributed by atoms with E-state index < -0.39 is 7.05 Å². The Morgan fingerprint density at radius 2 is 1.19 bits per heavy atom. The van der Waals surface area contributed by atoms with E-state index in [4.69, 9.17) is 0 Å². The number of nitrogens with one attached hydrogen (secondary N) is 1. The SMILES string of the molecule is CC(C)(C)P(=N)(C1CCCCC1)C(C)(C)C. The molecule has 0 spiro atoms. The van der Waals surface area contributed by atoms with Gasteiger partial charge in [0.25, 0.3) is 0 Å². The van der Waals surface area contributed by atoms with Crippen LogP contribution in [0.5, 0.6) is 0 Å². The van der Waals surface area contributed by atoms with Crippen LogP contribution in [0.15, 0.2) is 0 Å². The van der Waals surface area contributed by atoms with Gasteiger partial charge in [-0.2, -0.15) is 0 Å². The molecule has 1 rings (SSSR count). The third-order valence-electron chi connectivity index (χ3n) is 4.24. The molecule has 16 heavy (non-hydrogen) atoms. The summed E-state index contributed by atoms with van der Waals surface area (Å²) in [5.74, 6) is 0. The fourth-order valence-corrected chi connectivity index (χ4v) is 8.91. The fourth-order valence-electron chi connectivity index (χ4n) is 3.57. The average molecular weight is 243 g/mol. The van der Waals surface area contributed by atoms with Crippen molar-refractivity contribution in [3.8, 4) is 0 Å². The van der Waals surface area contributed by atoms with E-state index >= 15 is 0 Å². The second kappa shape index (κ2) is 4.48. The van der Waals surface area contributed by atoms with Gasteiger partial charge in [0.2, 0.25) is 0 Å². The van der Waals surface area contributed by atoms with E-state index in [1.807, 2.05) is 0 Å². The molecule has 1 N–H and O–H groups in total. The van der Waals surface area contributed by atoms with E-state index in [1.54, 1.807) is 0 Å². The Bertz CT molecular complexity index is 256. The summed E-state index contributed by atoms with van der Waals surface area (Å²) in [5.41, 5.74) is 0.696. The van der Waals surface area contributed by atoms with E-state index in [1.165, 1.54) is 32.1 Å². The molecule has 0 saturated heterocycles. The van der Waals surface area contributed by atoms with Crippen molar-refractivity contribution in [3.05, 3.63) is 0 Å². The minimum absolute atomic E-state index is 0.174. The highest BCUT2D eigenvalue weighted by Crippen LogP contribution is 2.72. The van der Waals surface area contributed by atoms with Crippen LogP contribution in [-0.4, -0.2) is 16.0 Å². The zero-order chi connectivity index (χ0) is 12.6. The Morgan fingerprint density at radius 1 is 0.812 bits per heavy atom. The maximum Gasteiger partial charge on any atom is -0.00261 e. The minimum Gasteiger partial charge on any atom is -0.317 e. The Hall–Kier alpha value is 0.230. The van der Waals surface area contributed by atoms with Crippen molar-refractivity contribution in [1.82, 2.24) is 0 Å². The second-order valence-corrected chi connectivity index (χ2v) is 12.2. The lowest BCUT2D eigenvalue weighted by molar-refractivity contribution is 0.492. The van der Waals surface area contributed by atoms with Crippen molar-refractivity contribution in [3.63, 3.8) is 0 Å². The first-order valence-electron chi connectivity index (χ1n) is 6.75. The van der Waals surface area contributed by atoms with Crippen LogP contribution in [0.3, 0.4) is 0 Å². The molecule has 0 radical (unpaired) electrons. The van der Waals surface area contributed by atoms with Crippen molar-refractivity contribution < 1.29 is 0 Å². The molecule has 0 amide bonds. The number of hydrogen-bond acceptors (Lipinski definition) is 1. The van der Waals surface area contributed by atoms with Crippen molar-refractivity contribution in [1.29, 1.82) is 5.16 Å². The van der Waals surface area contributed by atoms with Crippen LogP contribution in [0, 0.1) is 5.16 Å². The molecule has 0 bridgehead atoms. The molecule has 0 aromatic carbocycles. The van der Waals surface area contributed by atoms with Crippen LogP contribution >= 0.6 is 7.05 Å². The standard InChI is InChI=1S/C14H30NP/c1-13(2,3)16(15,14(4,5)6)12-10-8-7-9-11-12/h12,15H,7-11H2,1-6H3. The maximum absolute atomic E-state index is 9.23. The number of rotatable bonds is 1. The van der Waals surface area contributed by atoms with Gasteiger partial charge in [-0.3, -0.25) is 0 Å². The molecule has 1 nitrogen and oxygen atoms in total. The summed E-state index contributed by atoms with van der Waals surface area (Å²) < 4.78 is 0. The lowest BCUT2D eigenvalue weighted by Gasteiger charge is -2.51. The quantitative estimate of drug-likeness (QED) is 0.571. The van der Waals surface area contributed by atoms with E-state index in [2.05, 4.69) is 41.5 Å². The van der Waals surface area contributed by atoms with Gasteiger partial charge in [0.15, 0.2) is 0 Å². The van der Waals surface area contributed by atoms with E-state index in [-0.39, 0.29) is 10.3 Å². The van der Waals surface area contributed by atoms with Gasteiger partial charge >= 0.3 is 0 Å².